The third kappa shape index (κ3) is 3.96. The fraction of sp³-hybridized carbons (Fsp3) is 0.444. The van der Waals surface area contributed by atoms with Gasteiger partial charge in [0.05, 0.1) is 5.92 Å². The number of carbonyl (C=O) groups is 1. The average Bonchev–Trinajstić information content (AvgIpc) is 2.72. The number of alkyl halides is 3. The third-order valence-corrected chi connectivity index (χ3v) is 5.09. The minimum Gasteiger partial charge on any atom is -0.316 e. The zero-order chi connectivity index (χ0) is 18.0. The van der Waals surface area contributed by atoms with E-state index in [2.05, 4.69) is 10.3 Å². The molecule has 1 fully saturated rings. The van der Waals surface area contributed by atoms with Crippen molar-refractivity contribution in [3.63, 3.8) is 0 Å². The molecule has 2 bridgehead atoms. The number of pyridine rings is 1. The van der Waals surface area contributed by atoms with E-state index >= 15 is 0 Å². The Morgan fingerprint density at radius 2 is 2.16 bits per heavy atom. The van der Waals surface area contributed by atoms with Crippen LogP contribution in [0.2, 0.25) is 0 Å². The van der Waals surface area contributed by atoms with E-state index in [-0.39, 0.29) is 0 Å². The van der Waals surface area contributed by atoms with E-state index in [0.29, 0.717) is 48.5 Å². The Kier molecular flexibility index (Phi) is 5.29. The van der Waals surface area contributed by atoms with Gasteiger partial charge in [-0.1, -0.05) is 29.3 Å². The number of aromatic nitrogens is 1. The molecular weight excluding hydrogens is 353 g/mol. The van der Waals surface area contributed by atoms with Crippen LogP contribution in [0.3, 0.4) is 0 Å². The molecule has 0 saturated carbocycles. The lowest BCUT2D eigenvalue weighted by molar-refractivity contribution is -0.175. The van der Waals surface area contributed by atoms with Crippen molar-refractivity contribution in [3.05, 3.63) is 52.3 Å². The minimum atomic E-state index is -4.84. The lowest BCUT2D eigenvalue weighted by Gasteiger charge is -2.31. The first-order valence-corrected chi connectivity index (χ1v) is 8.56. The summed E-state index contributed by atoms with van der Waals surface area (Å²) in [5, 5.41) is 3.57. The molecule has 0 radical (unpaired) electrons. The second kappa shape index (κ2) is 7.30. The summed E-state index contributed by atoms with van der Waals surface area (Å²) in [7, 11) is 0. The first-order chi connectivity index (χ1) is 11.9. The first-order valence-electron chi connectivity index (χ1n) is 8.18. The molecule has 2 unspecified atom stereocenters. The summed E-state index contributed by atoms with van der Waals surface area (Å²) >= 11 is 6.38. The summed E-state index contributed by atoms with van der Waals surface area (Å²) in [6.07, 6.45) is 1.66. The number of hydrogen-bond donors (Lipinski definition) is 1. The molecule has 1 aromatic rings. The van der Waals surface area contributed by atoms with Gasteiger partial charge in [0, 0.05) is 29.9 Å². The molecule has 3 rings (SSSR count). The van der Waals surface area contributed by atoms with Crippen LogP contribution in [-0.2, 0) is 11.2 Å². The number of ketones is 1. The van der Waals surface area contributed by atoms with Crippen molar-refractivity contribution in [2.24, 2.45) is 11.8 Å². The van der Waals surface area contributed by atoms with Crippen molar-refractivity contribution in [1.82, 2.24) is 10.3 Å². The van der Waals surface area contributed by atoms with Crippen molar-refractivity contribution < 1.29 is 18.0 Å². The SMILES string of the molecule is O=C(C1C2=C(CCc3cccnc3)C(Cl)=CC1CNCC2)C(F)(F)F. The predicted octanol–water partition coefficient (Wildman–Crippen LogP) is 3.80. The quantitative estimate of drug-likeness (QED) is 0.876. The highest BCUT2D eigenvalue weighted by atomic mass is 35.5. The predicted molar refractivity (Wildman–Crippen MR) is 89.0 cm³/mol. The van der Waals surface area contributed by atoms with Gasteiger partial charge < -0.3 is 5.32 Å². The zero-order valence-electron chi connectivity index (χ0n) is 13.4. The maximum absolute atomic E-state index is 13.1. The topological polar surface area (TPSA) is 42.0 Å². The standard InChI is InChI=1S/C18H18ClF3N2O/c19-15-8-12-10-24-7-5-14(16(12)17(25)18(20,21)22)13(15)4-3-11-2-1-6-23-9-11/h1-2,6,8-9,12,16,24H,3-5,7,10H2. The molecular formula is C18H18ClF3N2O. The molecule has 1 aromatic heterocycles. The Morgan fingerprint density at radius 1 is 1.36 bits per heavy atom. The number of allylic oxidation sites excluding steroid dienone is 2. The van der Waals surface area contributed by atoms with E-state index in [9.17, 15) is 18.0 Å². The first kappa shape index (κ1) is 18.1. The van der Waals surface area contributed by atoms with Crippen molar-refractivity contribution in [1.29, 1.82) is 0 Å². The summed E-state index contributed by atoms with van der Waals surface area (Å²) in [5.74, 6) is -3.39. The molecule has 7 heteroatoms. The molecule has 3 nitrogen and oxygen atoms in total. The van der Waals surface area contributed by atoms with E-state index in [1.165, 1.54) is 0 Å². The second-order valence-corrected chi connectivity index (χ2v) is 6.74. The molecule has 25 heavy (non-hydrogen) atoms. The van der Waals surface area contributed by atoms with Gasteiger partial charge >= 0.3 is 6.18 Å². The van der Waals surface area contributed by atoms with Crippen molar-refractivity contribution in [2.45, 2.75) is 25.4 Å². The van der Waals surface area contributed by atoms with Crippen molar-refractivity contribution in [2.75, 3.05) is 13.1 Å². The number of aryl methyl sites for hydroxylation is 1. The van der Waals surface area contributed by atoms with Crippen LogP contribution in [0.25, 0.3) is 0 Å². The van der Waals surface area contributed by atoms with Crippen LogP contribution in [0.1, 0.15) is 18.4 Å². The Labute approximate surface area is 149 Å². The molecule has 2 atom stereocenters. The van der Waals surface area contributed by atoms with E-state index in [4.69, 9.17) is 11.6 Å². The normalized spacial score (nSPS) is 23.9. The number of rotatable bonds is 4. The van der Waals surface area contributed by atoms with Crippen LogP contribution in [-0.4, -0.2) is 30.0 Å². The Morgan fingerprint density at radius 3 is 2.84 bits per heavy atom. The minimum absolute atomic E-state index is 0.322. The maximum Gasteiger partial charge on any atom is 0.450 e. The maximum atomic E-state index is 13.1. The monoisotopic (exact) mass is 370 g/mol. The van der Waals surface area contributed by atoms with Gasteiger partial charge in [0.25, 0.3) is 0 Å². The van der Waals surface area contributed by atoms with Crippen molar-refractivity contribution in [3.8, 4) is 0 Å². The number of halogens is 4. The van der Waals surface area contributed by atoms with E-state index < -0.39 is 23.8 Å². The molecule has 1 aliphatic heterocycles. The number of nitrogens with zero attached hydrogens (tertiary/aromatic N) is 1. The molecule has 1 saturated heterocycles. The van der Waals surface area contributed by atoms with Gasteiger partial charge in [0.1, 0.15) is 0 Å². The molecule has 2 heterocycles. The summed E-state index contributed by atoms with van der Waals surface area (Å²) in [6, 6.07) is 3.72. The second-order valence-electron chi connectivity index (χ2n) is 6.34. The molecule has 0 spiro atoms. The van der Waals surface area contributed by atoms with Crippen LogP contribution in [0.5, 0.6) is 0 Å². The van der Waals surface area contributed by atoms with Crippen LogP contribution in [0.4, 0.5) is 13.2 Å². The number of fused-ring (bicyclic) bond motifs is 2. The molecule has 1 aliphatic carbocycles. The van der Waals surface area contributed by atoms with Crippen LogP contribution < -0.4 is 5.32 Å². The Bertz CT molecular complexity index is 713. The Balaban J connectivity index is 1.93. The average molecular weight is 371 g/mol. The molecule has 1 N–H and O–H groups in total. The summed E-state index contributed by atoms with van der Waals surface area (Å²) in [6.45, 7) is 0.865. The van der Waals surface area contributed by atoms with Crippen LogP contribution in [0.15, 0.2) is 46.8 Å². The molecule has 134 valence electrons. The fourth-order valence-corrected chi connectivity index (χ4v) is 3.96. The summed E-state index contributed by atoms with van der Waals surface area (Å²) in [4.78, 5) is 16.1. The molecule has 0 aromatic carbocycles. The number of nitrogens with one attached hydrogen (secondary N) is 1. The highest BCUT2D eigenvalue weighted by Gasteiger charge is 2.49. The van der Waals surface area contributed by atoms with Crippen molar-refractivity contribution >= 4 is 17.4 Å². The zero-order valence-corrected chi connectivity index (χ0v) is 14.2. The fourth-order valence-electron chi connectivity index (χ4n) is 3.58. The highest BCUT2D eigenvalue weighted by molar-refractivity contribution is 6.32. The largest absolute Gasteiger partial charge is 0.450 e. The number of hydrogen-bond acceptors (Lipinski definition) is 3. The third-order valence-electron chi connectivity index (χ3n) is 4.74. The lowest BCUT2D eigenvalue weighted by Crippen LogP contribution is -2.39. The molecule has 2 aliphatic rings. The lowest BCUT2D eigenvalue weighted by atomic mass is 9.75. The molecule has 0 amide bonds. The van der Waals surface area contributed by atoms with Gasteiger partial charge in [-0.25, -0.2) is 0 Å². The van der Waals surface area contributed by atoms with Gasteiger partial charge in [-0.05, 0) is 43.0 Å². The Hall–Kier alpha value is -1.66. The van der Waals surface area contributed by atoms with Gasteiger partial charge in [0.2, 0.25) is 5.78 Å². The smallest absolute Gasteiger partial charge is 0.316 e. The van der Waals surface area contributed by atoms with Gasteiger partial charge in [0.15, 0.2) is 0 Å². The van der Waals surface area contributed by atoms with Gasteiger partial charge in [-0.3, -0.25) is 9.78 Å². The van der Waals surface area contributed by atoms with Gasteiger partial charge in [-0.2, -0.15) is 13.2 Å². The van der Waals surface area contributed by atoms with E-state index in [1.54, 1.807) is 18.5 Å². The van der Waals surface area contributed by atoms with Crippen LogP contribution >= 0.6 is 11.6 Å². The van der Waals surface area contributed by atoms with E-state index in [1.807, 2.05) is 12.1 Å². The number of carbonyl (C=O) groups excluding carboxylic acids is 1. The summed E-state index contributed by atoms with van der Waals surface area (Å²) in [5.41, 5.74) is 2.19. The summed E-state index contributed by atoms with van der Waals surface area (Å²) < 4.78 is 39.3. The number of Topliss-reactive ketones (excluding diaryl/α,β-unsaturated/α-hetero) is 1. The van der Waals surface area contributed by atoms with E-state index in [0.717, 1.165) is 5.56 Å². The van der Waals surface area contributed by atoms with Crippen LogP contribution in [0, 0.1) is 11.8 Å². The van der Waals surface area contributed by atoms with Gasteiger partial charge in [-0.15, -0.1) is 0 Å². The highest BCUT2D eigenvalue weighted by Crippen LogP contribution is 2.43.